The maximum absolute atomic E-state index is 11.3. The van der Waals surface area contributed by atoms with Crippen molar-refractivity contribution in [2.24, 2.45) is 0 Å². The molecule has 0 aliphatic carbocycles. The number of rotatable bonds is 8. The Balaban J connectivity index is 0.00000256. The van der Waals surface area contributed by atoms with Crippen molar-refractivity contribution >= 4 is 19.6 Å². The molecule has 0 fully saturated rings. The molecule has 0 amide bonds. The van der Waals surface area contributed by atoms with E-state index in [4.69, 9.17) is 18.7 Å². The number of hydrogen-bond donors (Lipinski definition) is 3. The van der Waals surface area contributed by atoms with Gasteiger partial charge in [0.05, 0.1) is 21.3 Å². The average molecular weight is 477 g/mol. The van der Waals surface area contributed by atoms with E-state index in [9.17, 15) is 14.4 Å². The molecule has 0 atom stereocenters. The van der Waals surface area contributed by atoms with Crippen LogP contribution in [-0.2, 0) is 4.57 Å². The largest absolute Gasteiger partial charge is 1.00 e. The standard InChI is InChI=1S/C18H20N3O7PS.Na.H/c1-25-13-8-11(9-14(26-2)18(13)27-3)17-16(19-21-20-17)10-5-6-15(30-4)12(7-10)28-29(22,23)24;;/h5-9H,1-4H3,(H,19,20,21)(H2,22,23,24);;/q;+1;-1. The van der Waals surface area contributed by atoms with Crippen LogP contribution in [0.4, 0.5) is 0 Å². The summed E-state index contributed by atoms with van der Waals surface area (Å²) in [5, 5.41) is 11.0. The quantitative estimate of drug-likeness (QED) is 0.239. The summed E-state index contributed by atoms with van der Waals surface area (Å²) in [6, 6.07) is 8.42. The van der Waals surface area contributed by atoms with Crippen molar-refractivity contribution in [1.29, 1.82) is 0 Å². The number of nitrogens with one attached hydrogen (secondary N) is 1. The summed E-state index contributed by atoms with van der Waals surface area (Å²) in [4.78, 5) is 19.0. The molecule has 10 nitrogen and oxygen atoms in total. The molecule has 0 aliphatic heterocycles. The zero-order chi connectivity index (χ0) is 21.9. The van der Waals surface area contributed by atoms with Gasteiger partial charge in [-0.1, -0.05) is 6.07 Å². The minimum atomic E-state index is -4.73. The Morgan fingerprint density at radius 2 is 1.48 bits per heavy atom. The number of thioether (sulfide) groups is 1. The second-order valence-electron chi connectivity index (χ2n) is 5.88. The molecular weight excluding hydrogens is 456 g/mol. The summed E-state index contributed by atoms with van der Waals surface area (Å²) in [6.07, 6.45) is 1.78. The van der Waals surface area contributed by atoms with E-state index in [1.165, 1.54) is 39.2 Å². The summed E-state index contributed by atoms with van der Waals surface area (Å²) < 4.78 is 32.3. The van der Waals surface area contributed by atoms with Crippen molar-refractivity contribution in [3.63, 3.8) is 0 Å². The number of hydrogen-bond acceptors (Lipinski definition) is 8. The van der Waals surface area contributed by atoms with Crippen LogP contribution in [0.2, 0.25) is 0 Å². The number of ether oxygens (including phenoxy) is 3. The number of aromatic amines is 1. The van der Waals surface area contributed by atoms with Crippen LogP contribution in [0.25, 0.3) is 22.5 Å². The van der Waals surface area contributed by atoms with Gasteiger partial charge in [0, 0.05) is 16.0 Å². The fourth-order valence-electron chi connectivity index (χ4n) is 2.87. The van der Waals surface area contributed by atoms with Gasteiger partial charge < -0.3 is 20.2 Å². The number of phosphoric acid groups is 1. The minimum Gasteiger partial charge on any atom is -1.00 e. The van der Waals surface area contributed by atoms with Gasteiger partial charge in [0.2, 0.25) is 5.75 Å². The number of nitrogens with zero attached hydrogens (tertiary/aromatic N) is 2. The van der Waals surface area contributed by atoms with Gasteiger partial charge in [0.15, 0.2) is 11.5 Å². The van der Waals surface area contributed by atoms with Crippen LogP contribution < -0.4 is 48.3 Å². The maximum Gasteiger partial charge on any atom is 1.00 e. The van der Waals surface area contributed by atoms with Gasteiger partial charge >= 0.3 is 37.4 Å². The average Bonchev–Trinajstić information content (AvgIpc) is 3.21. The van der Waals surface area contributed by atoms with Crippen LogP contribution in [0.5, 0.6) is 23.0 Å². The van der Waals surface area contributed by atoms with Gasteiger partial charge in [0.25, 0.3) is 0 Å². The first kappa shape index (κ1) is 25.5. The molecule has 3 aromatic rings. The minimum absolute atomic E-state index is 0. The molecule has 31 heavy (non-hydrogen) atoms. The molecule has 1 aromatic heterocycles. The van der Waals surface area contributed by atoms with E-state index in [1.807, 2.05) is 0 Å². The normalized spacial score (nSPS) is 10.9. The van der Waals surface area contributed by atoms with Gasteiger partial charge in [-0.05, 0) is 30.5 Å². The van der Waals surface area contributed by atoms with Gasteiger partial charge in [0.1, 0.15) is 17.1 Å². The SMILES string of the molecule is COc1cc(-c2n[nH]nc2-c2ccc(SC)c(OP(=O)(O)O)c2)cc(OC)c1OC.[H-].[Na+]. The molecule has 0 unspecified atom stereocenters. The molecule has 3 N–H and O–H groups in total. The Bertz CT molecular complexity index is 1090. The third kappa shape index (κ3) is 5.75. The third-order valence-corrected chi connectivity index (χ3v) is 5.35. The first-order valence-electron chi connectivity index (χ1n) is 8.46. The second-order valence-corrected chi connectivity index (χ2v) is 7.89. The zero-order valence-corrected chi connectivity index (χ0v) is 21.3. The number of benzene rings is 2. The maximum atomic E-state index is 11.3. The van der Waals surface area contributed by atoms with Gasteiger partial charge in [-0.3, -0.25) is 9.79 Å². The monoisotopic (exact) mass is 477 g/mol. The van der Waals surface area contributed by atoms with Gasteiger partial charge in [-0.25, -0.2) is 4.57 Å². The topological polar surface area (TPSA) is 136 Å². The smallest absolute Gasteiger partial charge is 1.00 e. The number of aromatic nitrogens is 3. The van der Waals surface area contributed by atoms with E-state index in [0.717, 1.165) is 0 Å². The molecule has 2 aromatic carbocycles. The number of H-pyrrole nitrogens is 1. The fraction of sp³-hybridized carbons (Fsp3) is 0.222. The molecule has 0 saturated heterocycles. The summed E-state index contributed by atoms with van der Waals surface area (Å²) in [5.74, 6) is 1.38. The predicted molar refractivity (Wildman–Crippen MR) is 112 cm³/mol. The number of phosphoric ester groups is 1. The van der Waals surface area contributed by atoms with Crippen LogP contribution in [0.3, 0.4) is 0 Å². The number of methoxy groups -OCH3 is 3. The summed E-state index contributed by atoms with van der Waals surface area (Å²) >= 11 is 1.30. The molecule has 1 heterocycles. The molecule has 0 spiro atoms. The van der Waals surface area contributed by atoms with E-state index in [0.29, 0.717) is 44.7 Å². The molecule has 13 heteroatoms. The van der Waals surface area contributed by atoms with Crippen molar-refractivity contribution in [2.75, 3.05) is 27.6 Å². The van der Waals surface area contributed by atoms with Gasteiger partial charge in [-0.15, -0.1) is 11.8 Å². The molecular formula is C18H21N3NaO7PS. The molecule has 0 radical (unpaired) electrons. The zero-order valence-electron chi connectivity index (χ0n) is 18.6. The van der Waals surface area contributed by atoms with E-state index in [1.54, 1.807) is 30.5 Å². The van der Waals surface area contributed by atoms with Crippen LogP contribution in [0.15, 0.2) is 35.2 Å². The Labute approximate surface area is 206 Å². The van der Waals surface area contributed by atoms with Crippen LogP contribution in [-0.4, -0.2) is 52.8 Å². The van der Waals surface area contributed by atoms with Crippen molar-refractivity contribution in [3.05, 3.63) is 30.3 Å². The van der Waals surface area contributed by atoms with Crippen molar-refractivity contribution in [2.45, 2.75) is 4.90 Å². The Hall–Kier alpha value is -1.72. The molecule has 0 saturated carbocycles. The van der Waals surface area contributed by atoms with E-state index in [2.05, 4.69) is 15.4 Å². The summed E-state index contributed by atoms with van der Waals surface area (Å²) in [7, 11) is -0.195. The van der Waals surface area contributed by atoms with Crippen molar-refractivity contribution < 1.29 is 64.1 Å². The van der Waals surface area contributed by atoms with E-state index >= 15 is 0 Å². The van der Waals surface area contributed by atoms with Crippen LogP contribution in [0.1, 0.15) is 1.43 Å². The van der Waals surface area contributed by atoms with Crippen LogP contribution >= 0.6 is 19.6 Å². The Kier molecular flexibility index (Phi) is 8.84. The summed E-state index contributed by atoms with van der Waals surface area (Å²) in [6.45, 7) is 0. The van der Waals surface area contributed by atoms with Gasteiger partial charge in [-0.2, -0.15) is 15.4 Å². The third-order valence-electron chi connectivity index (χ3n) is 4.14. The van der Waals surface area contributed by atoms with Crippen molar-refractivity contribution in [3.8, 4) is 45.5 Å². The second kappa shape index (κ2) is 10.7. The first-order chi connectivity index (χ1) is 14.3. The Morgan fingerprint density at radius 1 is 0.935 bits per heavy atom. The van der Waals surface area contributed by atoms with E-state index in [-0.39, 0.29) is 36.7 Å². The van der Waals surface area contributed by atoms with E-state index < -0.39 is 7.82 Å². The van der Waals surface area contributed by atoms with Crippen LogP contribution in [0, 0.1) is 0 Å². The molecule has 162 valence electrons. The fourth-order valence-corrected chi connectivity index (χ4v) is 3.85. The molecule has 0 aliphatic rings. The predicted octanol–water partition coefficient (Wildman–Crippen LogP) is 0.474. The first-order valence-corrected chi connectivity index (χ1v) is 11.2. The van der Waals surface area contributed by atoms with Crippen molar-refractivity contribution in [1.82, 2.24) is 15.4 Å². The molecule has 3 rings (SSSR count). The summed E-state index contributed by atoms with van der Waals surface area (Å²) in [5.41, 5.74) is 2.12. The Morgan fingerprint density at radius 3 is 1.97 bits per heavy atom. The molecule has 0 bridgehead atoms.